The molecule has 4 aromatic heterocycles. The van der Waals surface area contributed by atoms with Gasteiger partial charge in [-0.25, -0.2) is 14.4 Å². The maximum atomic E-state index is 14.8. The molecule has 0 spiro atoms. The Morgan fingerprint density at radius 1 is 1.17 bits per heavy atom. The predicted molar refractivity (Wildman–Crippen MR) is 125 cm³/mol. The van der Waals surface area contributed by atoms with Gasteiger partial charge in [-0.1, -0.05) is 32.4 Å². The molecule has 182 valence electrons. The van der Waals surface area contributed by atoms with E-state index >= 15 is 0 Å². The van der Waals surface area contributed by atoms with Crippen LogP contribution >= 0.6 is 11.6 Å². The van der Waals surface area contributed by atoms with E-state index in [1.165, 1.54) is 11.0 Å². The zero-order valence-electron chi connectivity index (χ0n) is 19.4. The van der Waals surface area contributed by atoms with Crippen LogP contribution < -0.4 is 4.90 Å². The minimum atomic E-state index is -0.678. The zero-order chi connectivity index (χ0) is 24.7. The summed E-state index contributed by atoms with van der Waals surface area (Å²) in [7, 11) is 0. The molecule has 1 fully saturated rings. The minimum Gasteiger partial charge on any atom is -0.422 e. The Hall–Kier alpha value is -3.67. The number of aromatic nitrogens is 7. The van der Waals surface area contributed by atoms with E-state index in [1.807, 2.05) is 25.7 Å². The molecule has 1 aliphatic rings. The van der Waals surface area contributed by atoms with Crippen molar-refractivity contribution >= 4 is 34.8 Å². The fourth-order valence-electron chi connectivity index (χ4n) is 3.75. The smallest absolute Gasteiger partial charge is 0.300 e. The van der Waals surface area contributed by atoms with Gasteiger partial charge < -0.3 is 14.2 Å². The lowest BCUT2D eigenvalue weighted by molar-refractivity contribution is 0.0744. The maximum absolute atomic E-state index is 14.8. The van der Waals surface area contributed by atoms with Gasteiger partial charge in [0.2, 0.25) is 11.5 Å². The van der Waals surface area contributed by atoms with E-state index in [0.29, 0.717) is 55.1 Å². The lowest BCUT2D eigenvalue weighted by Crippen LogP contribution is -2.49. The first-order chi connectivity index (χ1) is 16.7. The van der Waals surface area contributed by atoms with E-state index in [-0.39, 0.29) is 28.4 Å². The number of halogens is 2. The molecule has 1 saturated heterocycles. The van der Waals surface area contributed by atoms with Crippen molar-refractivity contribution in [2.45, 2.75) is 27.3 Å². The number of amides is 1. The summed E-state index contributed by atoms with van der Waals surface area (Å²) in [5.74, 6) is -0.908. The fourth-order valence-corrected chi connectivity index (χ4v) is 3.89. The lowest BCUT2D eigenvalue weighted by Gasteiger charge is -2.33. The number of pyridine rings is 2. The number of hydrogen-bond acceptors (Lipinski definition) is 9. The third kappa shape index (κ3) is 4.92. The molecular formula is C22H23ClFN9O2. The molecule has 5 heterocycles. The highest BCUT2D eigenvalue weighted by molar-refractivity contribution is 6.29. The second kappa shape index (κ2) is 8.84. The van der Waals surface area contributed by atoms with E-state index in [9.17, 15) is 9.18 Å². The van der Waals surface area contributed by atoms with Gasteiger partial charge >= 0.3 is 0 Å². The number of piperazine rings is 1. The van der Waals surface area contributed by atoms with Gasteiger partial charge in [-0.2, -0.15) is 9.78 Å². The van der Waals surface area contributed by atoms with E-state index < -0.39 is 5.82 Å². The number of rotatable bonds is 4. The SMILES string of the molecule is CC(C)(C)Cn1nnc(-c2ncc(C(=O)N3CCN(c4nc5nc(Cl)ccc5o4)CC3)cc2F)n1. The van der Waals surface area contributed by atoms with E-state index in [4.69, 9.17) is 16.0 Å². The van der Waals surface area contributed by atoms with Gasteiger partial charge in [0.1, 0.15) is 10.8 Å². The molecule has 5 rings (SSSR count). The molecule has 0 bridgehead atoms. The van der Waals surface area contributed by atoms with Crippen molar-refractivity contribution < 1.29 is 13.6 Å². The molecule has 4 aromatic rings. The summed E-state index contributed by atoms with van der Waals surface area (Å²) in [5, 5.41) is 12.4. The fraction of sp³-hybridized carbons (Fsp3) is 0.409. The Morgan fingerprint density at radius 3 is 2.66 bits per heavy atom. The highest BCUT2D eigenvalue weighted by atomic mass is 35.5. The summed E-state index contributed by atoms with van der Waals surface area (Å²) in [4.78, 5) is 30.6. The Morgan fingerprint density at radius 2 is 1.94 bits per heavy atom. The average Bonchev–Trinajstić information content (AvgIpc) is 3.44. The monoisotopic (exact) mass is 499 g/mol. The van der Waals surface area contributed by atoms with E-state index in [2.05, 4.69) is 30.4 Å². The van der Waals surface area contributed by atoms with Gasteiger partial charge in [0.25, 0.3) is 11.9 Å². The topological polar surface area (TPSA) is 119 Å². The highest BCUT2D eigenvalue weighted by Crippen LogP contribution is 2.24. The third-order valence-corrected chi connectivity index (χ3v) is 5.62. The van der Waals surface area contributed by atoms with Gasteiger partial charge in [-0.15, -0.1) is 10.2 Å². The molecule has 1 amide bonds. The zero-order valence-corrected chi connectivity index (χ0v) is 20.2. The molecule has 13 heteroatoms. The first-order valence-corrected chi connectivity index (χ1v) is 11.5. The summed E-state index contributed by atoms with van der Waals surface area (Å²) >= 11 is 5.91. The van der Waals surface area contributed by atoms with Gasteiger partial charge in [0.05, 0.1) is 12.1 Å². The number of fused-ring (bicyclic) bond motifs is 1. The molecule has 0 saturated carbocycles. The van der Waals surface area contributed by atoms with Crippen LogP contribution in [0, 0.1) is 11.2 Å². The Bertz CT molecular complexity index is 1390. The van der Waals surface area contributed by atoms with Gasteiger partial charge in [0.15, 0.2) is 11.4 Å². The van der Waals surface area contributed by atoms with Crippen LogP contribution in [0.25, 0.3) is 22.7 Å². The summed E-state index contributed by atoms with van der Waals surface area (Å²) in [5.41, 5.74) is 1.02. The largest absolute Gasteiger partial charge is 0.422 e. The average molecular weight is 500 g/mol. The van der Waals surface area contributed by atoms with Crippen LogP contribution in [0.15, 0.2) is 28.8 Å². The van der Waals surface area contributed by atoms with Crippen LogP contribution in [0.4, 0.5) is 10.4 Å². The van der Waals surface area contributed by atoms with Crippen molar-refractivity contribution in [2.75, 3.05) is 31.1 Å². The maximum Gasteiger partial charge on any atom is 0.300 e. The molecule has 0 aliphatic carbocycles. The third-order valence-electron chi connectivity index (χ3n) is 5.41. The normalized spacial score (nSPS) is 14.7. The number of oxazole rings is 1. The first-order valence-electron chi connectivity index (χ1n) is 11.1. The number of hydrogen-bond donors (Lipinski definition) is 0. The molecule has 0 aromatic carbocycles. The molecule has 1 aliphatic heterocycles. The summed E-state index contributed by atoms with van der Waals surface area (Å²) < 4.78 is 20.6. The molecule has 0 atom stereocenters. The highest BCUT2D eigenvalue weighted by Gasteiger charge is 2.26. The van der Waals surface area contributed by atoms with Gasteiger partial charge in [-0.3, -0.25) is 4.79 Å². The number of carbonyl (C=O) groups is 1. The van der Waals surface area contributed by atoms with Crippen molar-refractivity contribution in [2.24, 2.45) is 5.41 Å². The molecule has 35 heavy (non-hydrogen) atoms. The Kier molecular flexibility index (Phi) is 5.83. The van der Waals surface area contributed by atoms with Crippen LogP contribution in [0.1, 0.15) is 31.1 Å². The van der Waals surface area contributed by atoms with Gasteiger partial charge in [0, 0.05) is 32.4 Å². The van der Waals surface area contributed by atoms with Crippen LogP contribution in [0.5, 0.6) is 0 Å². The van der Waals surface area contributed by atoms with Crippen LogP contribution in [-0.2, 0) is 6.54 Å². The molecule has 11 nitrogen and oxygen atoms in total. The summed E-state index contributed by atoms with van der Waals surface area (Å²) in [6.45, 7) is 8.47. The first kappa shape index (κ1) is 23.1. The molecule has 0 unspecified atom stereocenters. The van der Waals surface area contributed by atoms with Crippen LogP contribution in [0.3, 0.4) is 0 Å². The molecule has 0 radical (unpaired) electrons. The predicted octanol–water partition coefficient (Wildman–Crippen LogP) is 3.07. The van der Waals surface area contributed by atoms with E-state index in [1.54, 1.807) is 17.0 Å². The van der Waals surface area contributed by atoms with Gasteiger partial charge in [-0.05, 0) is 28.8 Å². The standard InChI is InChI=1S/C22H23ClFN9O2/c1-22(2,3)12-33-29-19(28-30-33)17-14(24)10-13(11-25-17)20(34)31-6-8-32(9-7-31)21-27-18-15(35-21)4-5-16(23)26-18/h4-5,10-11H,6-9,12H2,1-3H3. The Labute approximate surface area is 204 Å². The quantitative estimate of drug-likeness (QED) is 0.390. The Balaban J connectivity index is 1.25. The molecular weight excluding hydrogens is 477 g/mol. The van der Waals surface area contributed by atoms with Crippen molar-refractivity contribution in [1.82, 2.24) is 40.1 Å². The van der Waals surface area contributed by atoms with Crippen LogP contribution in [0.2, 0.25) is 5.15 Å². The van der Waals surface area contributed by atoms with Crippen molar-refractivity contribution in [3.05, 3.63) is 40.9 Å². The van der Waals surface area contributed by atoms with Crippen molar-refractivity contribution in [3.63, 3.8) is 0 Å². The van der Waals surface area contributed by atoms with E-state index in [0.717, 1.165) is 6.07 Å². The second-order valence-electron chi connectivity index (χ2n) is 9.49. The van der Waals surface area contributed by atoms with Crippen molar-refractivity contribution in [1.29, 1.82) is 0 Å². The minimum absolute atomic E-state index is 0.0452. The van der Waals surface area contributed by atoms with Crippen molar-refractivity contribution in [3.8, 4) is 11.5 Å². The summed E-state index contributed by atoms with van der Waals surface area (Å²) in [6.07, 6.45) is 1.34. The number of tetrazole rings is 1. The summed E-state index contributed by atoms with van der Waals surface area (Å²) in [6, 6.07) is 4.94. The second-order valence-corrected chi connectivity index (χ2v) is 9.88. The van der Waals surface area contributed by atoms with Crippen LogP contribution in [-0.4, -0.2) is 72.1 Å². The lowest BCUT2D eigenvalue weighted by atomic mass is 9.97. The number of anilines is 1. The number of carbonyl (C=O) groups excluding carboxylic acids is 1. The number of nitrogens with zero attached hydrogens (tertiary/aromatic N) is 9. The molecule has 0 N–H and O–H groups in total.